The van der Waals surface area contributed by atoms with Gasteiger partial charge in [-0.05, 0) is 76.8 Å². The van der Waals surface area contributed by atoms with Crippen LogP contribution in [0.5, 0.6) is 0 Å². The molecule has 55 heavy (non-hydrogen) atoms. The minimum atomic E-state index is -0.776. The summed E-state index contributed by atoms with van der Waals surface area (Å²) in [7, 11) is 0. The molecule has 2 amide bonds. The Morgan fingerprint density at radius 3 is 2.64 bits per heavy atom. The molecule has 2 aliphatic heterocycles. The van der Waals surface area contributed by atoms with E-state index in [-0.39, 0.29) is 30.3 Å². The Bertz CT molecular complexity index is 2660. The molecule has 0 saturated carbocycles. The summed E-state index contributed by atoms with van der Waals surface area (Å²) in [5.41, 5.74) is 5.64. The number of hydrogen-bond acceptors (Lipinski definition) is 10. The van der Waals surface area contributed by atoms with E-state index >= 15 is 0 Å². The summed E-state index contributed by atoms with van der Waals surface area (Å²) in [5, 5.41) is 21.2. The number of fused-ring (bicyclic) bond motifs is 4. The van der Waals surface area contributed by atoms with E-state index in [1.807, 2.05) is 61.1 Å². The Hall–Kier alpha value is -5.91. The van der Waals surface area contributed by atoms with E-state index in [2.05, 4.69) is 54.2 Å². The maximum Gasteiger partial charge on any atom is 0.264 e. The molecule has 278 valence electrons. The fourth-order valence-corrected chi connectivity index (χ4v) is 8.54. The first kappa shape index (κ1) is 36.1. The summed E-state index contributed by atoms with van der Waals surface area (Å²) >= 11 is 7.84. The van der Waals surface area contributed by atoms with E-state index in [1.165, 1.54) is 4.57 Å². The summed E-state index contributed by atoms with van der Waals surface area (Å²) in [6.45, 7) is 9.09. The predicted octanol–water partition coefficient (Wildman–Crippen LogP) is 6.00. The van der Waals surface area contributed by atoms with Gasteiger partial charge >= 0.3 is 0 Å². The maximum absolute atomic E-state index is 13.7. The molecule has 4 aromatic heterocycles. The highest BCUT2D eigenvalue weighted by molar-refractivity contribution is 7.15. The van der Waals surface area contributed by atoms with Crippen molar-refractivity contribution in [2.24, 2.45) is 4.99 Å². The number of aryl methyl sites for hydroxylation is 3. The number of benzene rings is 2. The molecule has 0 bridgehead atoms. The molecule has 2 aliphatic rings. The molecule has 0 radical (unpaired) electrons. The number of amides is 2. The molecule has 13 nitrogen and oxygen atoms in total. The topological polar surface area (TPSA) is 154 Å². The van der Waals surface area contributed by atoms with Crippen LogP contribution in [0.1, 0.15) is 89.3 Å². The number of anilines is 1. The van der Waals surface area contributed by atoms with Gasteiger partial charge in [-0.2, -0.15) is 5.10 Å². The first-order valence-electron chi connectivity index (χ1n) is 18.1. The van der Waals surface area contributed by atoms with Crippen LogP contribution in [0.3, 0.4) is 0 Å². The first-order chi connectivity index (χ1) is 26.6. The average molecular weight is 773 g/mol. The van der Waals surface area contributed by atoms with Gasteiger partial charge in [0.15, 0.2) is 5.82 Å². The lowest BCUT2D eigenvalue weighted by atomic mass is 9.99. The summed E-state index contributed by atoms with van der Waals surface area (Å²) in [5.74, 6) is 7.93. The Labute approximate surface area is 325 Å². The molecule has 0 aliphatic carbocycles. The number of nitrogens with zero attached hydrogens (tertiary/aromatic N) is 8. The molecule has 6 aromatic rings. The lowest BCUT2D eigenvalue weighted by molar-refractivity contribution is -0.135. The second kappa shape index (κ2) is 14.7. The highest BCUT2D eigenvalue weighted by Crippen LogP contribution is 2.39. The molecule has 1 fully saturated rings. The summed E-state index contributed by atoms with van der Waals surface area (Å²) in [6.07, 6.45) is 5.83. The van der Waals surface area contributed by atoms with Gasteiger partial charge in [0.25, 0.3) is 5.56 Å². The Morgan fingerprint density at radius 2 is 1.84 bits per heavy atom. The second-order valence-electron chi connectivity index (χ2n) is 13.7. The fraction of sp³-hybridized carbons (Fsp3) is 0.300. The number of thiophene rings is 1. The number of aliphatic imine (C=N–C) groups is 1. The quantitative estimate of drug-likeness (QED) is 0.109. The van der Waals surface area contributed by atoms with Gasteiger partial charge in [-0.3, -0.25) is 38.5 Å². The van der Waals surface area contributed by atoms with Gasteiger partial charge in [0.1, 0.15) is 28.7 Å². The molecule has 2 atom stereocenters. The number of unbranched alkanes of at least 4 members (excludes halogenated alkanes) is 1. The number of nitrogens with one attached hydrogen (secondary N) is 2. The van der Waals surface area contributed by atoms with Crippen molar-refractivity contribution < 1.29 is 9.59 Å². The van der Waals surface area contributed by atoms with E-state index in [0.29, 0.717) is 40.5 Å². The van der Waals surface area contributed by atoms with Crippen molar-refractivity contribution in [3.63, 3.8) is 0 Å². The normalized spacial score (nSPS) is 16.5. The Morgan fingerprint density at radius 1 is 1.02 bits per heavy atom. The van der Waals surface area contributed by atoms with Crippen molar-refractivity contribution in [1.29, 1.82) is 0 Å². The van der Waals surface area contributed by atoms with Gasteiger partial charge in [-0.1, -0.05) is 41.6 Å². The van der Waals surface area contributed by atoms with E-state index in [4.69, 9.17) is 16.6 Å². The first-order valence-corrected chi connectivity index (χ1v) is 19.3. The van der Waals surface area contributed by atoms with Gasteiger partial charge in [-0.15, -0.1) is 21.5 Å². The molecular formula is C40H37ClN10O3S. The summed E-state index contributed by atoms with van der Waals surface area (Å²) in [6, 6.07) is 12.3. The molecule has 0 unspecified atom stereocenters. The van der Waals surface area contributed by atoms with Crippen LogP contribution in [0.15, 0.2) is 64.6 Å². The van der Waals surface area contributed by atoms with Gasteiger partial charge < -0.3 is 5.32 Å². The largest absolute Gasteiger partial charge is 0.384 e. The van der Waals surface area contributed by atoms with Crippen molar-refractivity contribution in [3.8, 4) is 16.8 Å². The Balaban J connectivity index is 0.951. The zero-order valence-corrected chi connectivity index (χ0v) is 32.3. The lowest BCUT2D eigenvalue weighted by Gasteiger charge is -2.24. The number of hydrogen-bond donors (Lipinski definition) is 2. The molecule has 2 N–H and O–H groups in total. The van der Waals surface area contributed by atoms with Crippen LogP contribution in [0.4, 0.5) is 5.69 Å². The van der Waals surface area contributed by atoms with Crippen LogP contribution >= 0.6 is 22.9 Å². The van der Waals surface area contributed by atoms with Crippen molar-refractivity contribution >= 4 is 57.1 Å². The van der Waals surface area contributed by atoms with E-state index in [0.717, 1.165) is 62.3 Å². The second-order valence-corrected chi connectivity index (χ2v) is 15.1. The lowest BCUT2D eigenvalue weighted by Crippen LogP contribution is -2.45. The van der Waals surface area contributed by atoms with Gasteiger partial charge in [0, 0.05) is 47.5 Å². The van der Waals surface area contributed by atoms with Crippen molar-refractivity contribution in [2.75, 3.05) is 11.9 Å². The van der Waals surface area contributed by atoms with Crippen LogP contribution in [0.25, 0.3) is 15.9 Å². The number of piperidine rings is 1. The molecule has 2 aromatic carbocycles. The average Bonchev–Trinajstić information content (AvgIpc) is 3.85. The van der Waals surface area contributed by atoms with Gasteiger partial charge in [-0.25, -0.2) is 4.98 Å². The third-order valence-electron chi connectivity index (χ3n) is 9.94. The van der Waals surface area contributed by atoms with E-state index in [1.54, 1.807) is 30.5 Å². The third kappa shape index (κ3) is 6.85. The van der Waals surface area contributed by atoms with Crippen LogP contribution in [0.2, 0.25) is 5.02 Å². The number of imide groups is 1. The molecule has 0 spiro atoms. The van der Waals surface area contributed by atoms with Crippen LogP contribution in [-0.4, -0.2) is 58.2 Å². The number of carbonyl (C=O) groups is 2. The van der Waals surface area contributed by atoms with E-state index in [9.17, 15) is 14.4 Å². The molecule has 8 rings (SSSR count). The summed E-state index contributed by atoms with van der Waals surface area (Å²) < 4.78 is 5.39. The van der Waals surface area contributed by atoms with E-state index < -0.39 is 11.9 Å². The maximum atomic E-state index is 13.7. The van der Waals surface area contributed by atoms with Crippen LogP contribution in [-0.2, 0) is 16.1 Å². The predicted molar refractivity (Wildman–Crippen MR) is 212 cm³/mol. The van der Waals surface area contributed by atoms with Gasteiger partial charge in [0.2, 0.25) is 11.8 Å². The van der Waals surface area contributed by atoms with Crippen LogP contribution < -0.4 is 16.2 Å². The number of carbonyl (C=O) groups excluding carboxylic acids is 2. The van der Waals surface area contributed by atoms with Gasteiger partial charge in [0.05, 0.1) is 33.3 Å². The SMILES string of the molecule is Cc1c(C#Cc2cnn(CCCCNc3cccc4nc(C)n([C@H]5CCC(=O)NC5=O)c(=O)c34)c2)sc2c1C(c1ccc(Cl)cc1)=N[C@@H](C)c1nnc(C)n1-2. The fourth-order valence-electron chi connectivity index (χ4n) is 7.19. The number of aromatic nitrogens is 7. The number of halogens is 1. The Kier molecular flexibility index (Phi) is 9.66. The standard InChI is InChI=1S/C40H37ClN10O3S/c1-22-32(55-40-34(22)36(27-11-13-28(41)14-12-27)44-23(2)37-48-47-25(4)51(37)40)16-10-26-20-43-49(21-26)19-6-5-18-42-29-8-7-9-30-35(29)39(54)50(24(3)45-30)31-15-17-33(52)46-38(31)53/h7-9,11-14,20-21,23,31,42H,5-6,15,17-19H2,1-4H3,(H,46,52,53)/t23-,31-/m0/s1. The molecular weight excluding hydrogens is 736 g/mol. The van der Waals surface area contributed by atoms with Crippen LogP contribution in [0, 0.1) is 32.6 Å². The monoisotopic (exact) mass is 772 g/mol. The summed E-state index contributed by atoms with van der Waals surface area (Å²) in [4.78, 5) is 48.7. The van der Waals surface area contributed by atoms with Crippen molar-refractivity contribution in [2.45, 2.75) is 72.0 Å². The minimum absolute atomic E-state index is 0.174. The van der Waals surface area contributed by atoms with Crippen molar-refractivity contribution in [3.05, 3.63) is 115 Å². The van der Waals surface area contributed by atoms with Crippen molar-refractivity contribution in [1.82, 2.24) is 39.4 Å². The molecule has 1 saturated heterocycles. The highest BCUT2D eigenvalue weighted by Gasteiger charge is 2.32. The zero-order chi connectivity index (χ0) is 38.4. The molecule has 6 heterocycles. The minimum Gasteiger partial charge on any atom is -0.384 e. The highest BCUT2D eigenvalue weighted by atomic mass is 35.5. The smallest absolute Gasteiger partial charge is 0.264 e. The third-order valence-corrected chi connectivity index (χ3v) is 11.4. The zero-order valence-electron chi connectivity index (χ0n) is 30.7. The number of rotatable bonds is 8. The molecule has 15 heteroatoms.